The zero-order chi connectivity index (χ0) is 12.8. The lowest BCUT2D eigenvalue weighted by Gasteiger charge is -2.04. The van der Waals surface area contributed by atoms with Gasteiger partial charge in [0.2, 0.25) is 0 Å². The third-order valence-electron chi connectivity index (χ3n) is 2.50. The Bertz CT molecular complexity index is 562. The minimum atomic E-state index is -0.346. The lowest BCUT2D eigenvalue weighted by Crippen LogP contribution is -1.91. The van der Waals surface area contributed by atoms with E-state index in [9.17, 15) is 0 Å². The number of hydrogen-bond donors (Lipinski definition) is 0. The zero-order valence-corrected chi connectivity index (χ0v) is 9.32. The largest absolute Gasteiger partial charge is 0.0622 e. The summed E-state index contributed by atoms with van der Waals surface area (Å²) in [5.74, 6) is 0. The van der Waals surface area contributed by atoms with Crippen LogP contribution in [-0.2, 0) is 12.8 Å². The first-order valence-electron chi connectivity index (χ1n) is 5.99. The maximum atomic E-state index is 8.51. The molecule has 0 aliphatic rings. The molecule has 2 aromatic carbocycles. The highest BCUT2D eigenvalue weighted by molar-refractivity contribution is 5.45. The highest BCUT2D eigenvalue weighted by Crippen LogP contribution is 2.20. The minimum absolute atomic E-state index is 0.346. The van der Waals surface area contributed by atoms with E-state index in [1.54, 1.807) is 6.07 Å². The molecule has 2 aromatic rings. The second kappa shape index (κ2) is 5.73. The number of benzene rings is 2. The molecule has 0 fully saturated rings. The first kappa shape index (κ1) is 9.94. The van der Waals surface area contributed by atoms with Gasteiger partial charge in [0, 0.05) is 12.0 Å². The smallest absolute Gasteiger partial charge is 0.0407 e. The molecule has 84 valence electrons. The predicted molar refractivity (Wildman–Crippen MR) is 69.1 cm³/mol. The third-order valence-corrected chi connectivity index (χ3v) is 2.50. The van der Waals surface area contributed by atoms with Crippen molar-refractivity contribution in [3.8, 4) is 0 Å². The third kappa shape index (κ3) is 3.10. The molecule has 0 amide bonds. The van der Waals surface area contributed by atoms with E-state index < -0.39 is 0 Å². The van der Waals surface area contributed by atoms with Crippen LogP contribution in [0.15, 0.2) is 59.7 Å². The van der Waals surface area contributed by atoms with Crippen LogP contribution in [0, 0.1) is 0 Å². The maximum Gasteiger partial charge on any atom is 0.0407 e. The van der Waals surface area contributed by atoms with Gasteiger partial charge in [-0.1, -0.05) is 59.7 Å². The number of nitrogens with zero attached hydrogens (tertiary/aromatic N) is 3. The van der Waals surface area contributed by atoms with Gasteiger partial charge in [0.05, 0.1) is 0 Å². The van der Waals surface area contributed by atoms with E-state index in [0.717, 1.165) is 11.1 Å². The van der Waals surface area contributed by atoms with Gasteiger partial charge < -0.3 is 0 Å². The van der Waals surface area contributed by atoms with Crippen molar-refractivity contribution in [2.45, 2.75) is 12.8 Å². The molecule has 17 heavy (non-hydrogen) atoms. The van der Waals surface area contributed by atoms with Crippen molar-refractivity contribution < 1.29 is 1.37 Å². The van der Waals surface area contributed by atoms with Gasteiger partial charge in [-0.3, -0.25) is 0 Å². The molecular formula is C14H13N3. The number of rotatable bonds is 4. The summed E-state index contributed by atoms with van der Waals surface area (Å²) in [5, 5.41) is 3.65. The summed E-state index contributed by atoms with van der Waals surface area (Å²) in [4.78, 5) is 2.81. The van der Waals surface area contributed by atoms with Gasteiger partial charge in [0.15, 0.2) is 0 Å². The molecule has 1 atom stereocenters. The van der Waals surface area contributed by atoms with Crippen LogP contribution in [0.5, 0.6) is 0 Å². The van der Waals surface area contributed by atoms with Gasteiger partial charge in [-0.15, -0.1) is 0 Å². The molecule has 0 heterocycles. The molecule has 1 unspecified atom stereocenters. The predicted octanol–water partition coefficient (Wildman–Crippen LogP) is 4.41. The average Bonchev–Trinajstić information content (AvgIpc) is 2.42. The van der Waals surface area contributed by atoms with Crippen LogP contribution in [0.25, 0.3) is 10.4 Å². The molecule has 2 rings (SSSR count). The second-order valence-corrected chi connectivity index (χ2v) is 3.64. The summed E-state index contributed by atoms with van der Waals surface area (Å²) < 4.78 is 8.14. The Morgan fingerprint density at radius 3 is 2.53 bits per heavy atom. The summed E-state index contributed by atoms with van der Waals surface area (Å²) in [6.07, 6.45) is 0.195. The SMILES string of the molecule is [2H]C(Cc1ccccc1N=[N+]=[N-])c1ccccc1. The highest BCUT2D eigenvalue weighted by Gasteiger charge is 2.00. The lowest BCUT2D eigenvalue weighted by molar-refractivity contribution is 0.959. The first-order chi connectivity index (χ1) is 8.81. The summed E-state index contributed by atoms with van der Waals surface area (Å²) in [6.45, 7) is 0. The number of hydrogen-bond acceptors (Lipinski definition) is 1. The monoisotopic (exact) mass is 224 g/mol. The lowest BCUT2D eigenvalue weighted by atomic mass is 10.0. The van der Waals surface area contributed by atoms with Gasteiger partial charge >= 0.3 is 0 Å². The van der Waals surface area contributed by atoms with Crippen molar-refractivity contribution >= 4 is 5.69 Å². The van der Waals surface area contributed by atoms with Crippen LogP contribution in [0.3, 0.4) is 0 Å². The fourth-order valence-electron chi connectivity index (χ4n) is 1.65. The number of aryl methyl sites for hydroxylation is 2. The molecule has 0 aliphatic carbocycles. The zero-order valence-electron chi connectivity index (χ0n) is 10.3. The van der Waals surface area contributed by atoms with Crippen LogP contribution in [-0.4, -0.2) is 0 Å². The highest BCUT2D eigenvalue weighted by atomic mass is 15.1. The molecule has 0 aliphatic heterocycles. The Balaban J connectivity index is 2.22. The summed E-state index contributed by atoms with van der Waals surface area (Å²) in [5.41, 5.74) is 11.0. The molecule has 0 saturated carbocycles. The second-order valence-electron chi connectivity index (χ2n) is 3.64. The quantitative estimate of drug-likeness (QED) is 0.419. The summed E-state index contributed by atoms with van der Waals surface area (Å²) >= 11 is 0. The van der Waals surface area contributed by atoms with Gasteiger partial charge in [0.1, 0.15) is 0 Å². The van der Waals surface area contributed by atoms with Crippen molar-refractivity contribution in [2.24, 2.45) is 5.11 Å². The molecule has 0 spiro atoms. The number of azide groups is 1. The van der Waals surface area contributed by atoms with Gasteiger partial charge in [0.25, 0.3) is 0 Å². The van der Waals surface area contributed by atoms with Crippen molar-refractivity contribution in [3.05, 3.63) is 76.2 Å². The van der Waals surface area contributed by atoms with E-state index in [2.05, 4.69) is 10.0 Å². The molecular weight excluding hydrogens is 210 g/mol. The molecule has 0 saturated heterocycles. The van der Waals surface area contributed by atoms with Gasteiger partial charge in [-0.25, -0.2) is 0 Å². The molecule has 0 aromatic heterocycles. The Labute approximate surface area is 102 Å². The van der Waals surface area contributed by atoms with E-state index in [-0.39, 0.29) is 6.40 Å². The van der Waals surface area contributed by atoms with Gasteiger partial charge in [-0.05, 0) is 29.5 Å². The fraction of sp³-hybridized carbons (Fsp3) is 0.143. The van der Waals surface area contributed by atoms with Crippen molar-refractivity contribution in [3.63, 3.8) is 0 Å². The molecule has 0 bridgehead atoms. The van der Waals surface area contributed by atoms with Crippen LogP contribution in [0.4, 0.5) is 5.69 Å². The van der Waals surface area contributed by atoms with Crippen LogP contribution < -0.4 is 0 Å². The van der Waals surface area contributed by atoms with Crippen molar-refractivity contribution in [2.75, 3.05) is 0 Å². The maximum absolute atomic E-state index is 8.51. The average molecular weight is 224 g/mol. The summed E-state index contributed by atoms with van der Waals surface area (Å²) in [6, 6.07) is 17.1. The minimum Gasteiger partial charge on any atom is -0.0622 e. The Kier molecular flexibility index (Phi) is 3.35. The van der Waals surface area contributed by atoms with E-state index in [1.165, 1.54) is 0 Å². The molecule has 0 radical (unpaired) electrons. The Hall–Kier alpha value is -2.25. The standard InChI is InChI=1S/C14H13N3/c15-17-16-14-9-5-4-8-13(14)11-10-12-6-2-1-3-7-12/h1-9H,10-11H2/i10D. The molecule has 3 nitrogen and oxygen atoms in total. The molecule has 3 heteroatoms. The fourth-order valence-corrected chi connectivity index (χ4v) is 1.65. The Morgan fingerprint density at radius 2 is 1.76 bits per heavy atom. The topological polar surface area (TPSA) is 48.8 Å². The van der Waals surface area contributed by atoms with E-state index in [4.69, 9.17) is 6.90 Å². The normalized spacial score (nSPS) is 12.4. The van der Waals surface area contributed by atoms with Crippen LogP contribution >= 0.6 is 0 Å². The Morgan fingerprint density at radius 1 is 1.06 bits per heavy atom. The first-order valence-corrected chi connectivity index (χ1v) is 5.41. The van der Waals surface area contributed by atoms with E-state index in [1.807, 2.05) is 48.5 Å². The molecule has 0 N–H and O–H groups in total. The van der Waals surface area contributed by atoms with Crippen LogP contribution in [0.2, 0.25) is 0 Å². The van der Waals surface area contributed by atoms with Crippen molar-refractivity contribution in [1.82, 2.24) is 0 Å². The van der Waals surface area contributed by atoms with Gasteiger partial charge in [-0.2, -0.15) is 0 Å². The van der Waals surface area contributed by atoms with E-state index >= 15 is 0 Å². The van der Waals surface area contributed by atoms with E-state index in [0.29, 0.717) is 12.1 Å². The van der Waals surface area contributed by atoms with Crippen molar-refractivity contribution in [1.29, 1.82) is 0 Å². The summed E-state index contributed by atoms with van der Waals surface area (Å²) in [7, 11) is 0. The van der Waals surface area contributed by atoms with Crippen LogP contribution in [0.1, 0.15) is 12.5 Å².